The van der Waals surface area contributed by atoms with E-state index >= 15 is 0 Å². The predicted molar refractivity (Wildman–Crippen MR) is 96.0 cm³/mol. The van der Waals surface area contributed by atoms with Gasteiger partial charge in [0.2, 0.25) is 0 Å². The summed E-state index contributed by atoms with van der Waals surface area (Å²) in [5.41, 5.74) is 7.29. The molecule has 0 atom stereocenters. The Morgan fingerprint density at radius 3 is 1.91 bits per heavy atom. The van der Waals surface area contributed by atoms with Gasteiger partial charge >= 0.3 is 0 Å². The minimum absolute atomic E-state index is 0.0882. The third kappa shape index (κ3) is 2.95. The first-order chi connectivity index (χ1) is 11.1. The van der Waals surface area contributed by atoms with Gasteiger partial charge in [-0.1, -0.05) is 66.7 Å². The van der Waals surface area contributed by atoms with E-state index < -0.39 is 0 Å². The molecule has 0 heterocycles. The molecule has 0 saturated carbocycles. The molecule has 1 heteroatoms. The maximum atomic E-state index is 12.8. The van der Waals surface area contributed by atoms with Gasteiger partial charge in [-0.3, -0.25) is 4.79 Å². The van der Waals surface area contributed by atoms with Crippen molar-refractivity contribution in [1.82, 2.24) is 0 Å². The summed E-state index contributed by atoms with van der Waals surface area (Å²) in [4.78, 5) is 12.8. The Morgan fingerprint density at radius 1 is 0.652 bits per heavy atom. The van der Waals surface area contributed by atoms with E-state index in [0.717, 1.165) is 27.8 Å². The fourth-order valence-electron chi connectivity index (χ4n) is 2.80. The lowest BCUT2D eigenvalue weighted by Gasteiger charge is -2.11. The smallest absolute Gasteiger partial charge is 0.193 e. The average Bonchev–Trinajstić information content (AvgIpc) is 2.60. The molecule has 3 rings (SSSR count). The van der Waals surface area contributed by atoms with Gasteiger partial charge in [-0.2, -0.15) is 0 Å². The molecular weight excluding hydrogens is 280 g/mol. The van der Waals surface area contributed by atoms with E-state index in [1.165, 1.54) is 11.1 Å². The molecule has 1 nitrogen and oxygen atoms in total. The Labute approximate surface area is 137 Å². The second kappa shape index (κ2) is 6.21. The number of carbonyl (C=O) groups excluding carboxylic acids is 1. The van der Waals surface area contributed by atoms with E-state index in [-0.39, 0.29) is 5.78 Å². The molecule has 0 aromatic heterocycles. The van der Waals surface area contributed by atoms with Crippen LogP contribution in [0.2, 0.25) is 0 Å². The lowest BCUT2D eigenvalue weighted by atomic mass is 9.93. The second-order valence-corrected chi connectivity index (χ2v) is 5.95. The minimum Gasteiger partial charge on any atom is -0.289 e. The monoisotopic (exact) mass is 300 g/mol. The fraction of sp³-hybridized carbons (Fsp3) is 0.136. The van der Waals surface area contributed by atoms with Crippen molar-refractivity contribution in [1.29, 1.82) is 0 Å². The summed E-state index contributed by atoms with van der Waals surface area (Å²) in [5, 5.41) is 0. The summed E-state index contributed by atoms with van der Waals surface area (Å²) in [6, 6.07) is 22.0. The number of hydrogen-bond acceptors (Lipinski definition) is 1. The van der Waals surface area contributed by atoms with Crippen LogP contribution in [0, 0.1) is 20.8 Å². The van der Waals surface area contributed by atoms with Gasteiger partial charge < -0.3 is 0 Å². The maximum Gasteiger partial charge on any atom is 0.193 e. The van der Waals surface area contributed by atoms with Crippen molar-refractivity contribution in [3.05, 3.63) is 94.5 Å². The zero-order valence-corrected chi connectivity index (χ0v) is 13.8. The topological polar surface area (TPSA) is 17.1 Å². The van der Waals surface area contributed by atoms with Crippen molar-refractivity contribution in [3.63, 3.8) is 0 Å². The third-order valence-electron chi connectivity index (χ3n) is 4.56. The molecule has 114 valence electrons. The number of rotatable bonds is 3. The van der Waals surface area contributed by atoms with Gasteiger partial charge in [-0.05, 0) is 48.6 Å². The van der Waals surface area contributed by atoms with Gasteiger partial charge in [0.05, 0.1) is 0 Å². The molecule has 23 heavy (non-hydrogen) atoms. The van der Waals surface area contributed by atoms with E-state index in [0.29, 0.717) is 0 Å². The molecular formula is C22H20O. The molecule has 0 aliphatic carbocycles. The molecule has 0 radical (unpaired) electrons. The largest absolute Gasteiger partial charge is 0.289 e. The quantitative estimate of drug-likeness (QED) is 0.583. The molecule has 0 saturated heterocycles. The summed E-state index contributed by atoms with van der Waals surface area (Å²) in [5.74, 6) is 0.0882. The Morgan fingerprint density at radius 2 is 1.26 bits per heavy atom. The Balaban J connectivity index is 1.94. The van der Waals surface area contributed by atoms with Crippen LogP contribution in [0.15, 0.2) is 66.7 Å². The van der Waals surface area contributed by atoms with E-state index in [2.05, 4.69) is 26.0 Å². The van der Waals surface area contributed by atoms with Crippen LogP contribution in [0.3, 0.4) is 0 Å². The first kappa shape index (κ1) is 15.2. The van der Waals surface area contributed by atoms with Crippen molar-refractivity contribution in [2.24, 2.45) is 0 Å². The molecule has 0 fully saturated rings. The van der Waals surface area contributed by atoms with Crippen LogP contribution in [-0.4, -0.2) is 5.78 Å². The molecule has 3 aromatic rings. The lowest BCUT2D eigenvalue weighted by molar-refractivity contribution is 0.103. The maximum absolute atomic E-state index is 12.8. The van der Waals surface area contributed by atoms with Gasteiger partial charge in [0.25, 0.3) is 0 Å². The zero-order valence-electron chi connectivity index (χ0n) is 13.8. The van der Waals surface area contributed by atoms with Crippen molar-refractivity contribution in [3.8, 4) is 11.1 Å². The van der Waals surface area contributed by atoms with Gasteiger partial charge in [0.15, 0.2) is 5.78 Å². The molecule has 0 aliphatic heterocycles. The summed E-state index contributed by atoms with van der Waals surface area (Å²) >= 11 is 0. The van der Waals surface area contributed by atoms with Gasteiger partial charge in [-0.15, -0.1) is 0 Å². The number of ketones is 1. The summed E-state index contributed by atoms with van der Waals surface area (Å²) in [7, 11) is 0. The van der Waals surface area contributed by atoms with E-state index in [1.54, 1.807) is 0 Å². The molecule has 0 aliphatic rings. The highest BCUT2D eigenvalue weighted by Crippen LogP contribution is 2.23. The van der Waals surface area contributed by atoms with Crippen LogP contribution in [0.25, 0.3) is 11.1 Å². The van der Waals surface area contributed by atoms with Crippen molar-refractivity contribution >= 4 is 5.78 Å². The second-order valence-electron chi connectivity index (χ2n) is 5.95. The zero-order chi connectivity index (χ0) is 16.4. The highest BCUT2D eigenvalue weighted by molar-refractivity contribution is 6.10. The van der Waals surface area contributed by atoms with Crippen molar-refractivity contribution in [2.45, 2.75) is 20.8 Å². The normalized spacial score (nSPS) is 10.6. The Kier molecular flexibility index (Phi) is 4.12. The van der Waals surface area contributed by atoms with Crippen LogP contribution >= 0.6 is 0 Å². The van der Waals surface area contributed by atoms with Crippen molar-refractivity contribution < 1.29 is 4.79 Å². The van der Waals surface area contributed by atoms with Crippen LogP contribution < -0.4 is 0 Å². The summed E-state index contributed by atoms with van der Waals surface area (Å²) < 4.78 is 0. The fourth-order valence-corrected chi connectivity index (χ4v) is 2.80. The summed E-state index contributed by atoms with van der Waals surface area (Å²) in [6.45, 7) is 6.17. The average molecular weight is 300 g/mol. The molecule has 0 N–H and O–H groups in total. The standard InChI is InChI=1S/C22H20O/c1-15-9-14-21(17(3)16(15)2)22(23)20-12-10-19(11-13-20)18-7-5-4-6-8-18/h4-14H,1-3H3. The van der Waals surface area contributed by atoms with Crippen molar-refractivity contribution in [2.75, 3.05) is 0 Å². The molecule has 0 unspecified atom stereocenters. The summed E-state index contributed by atoms with van der Waals surface area (Å²) in [6.07, 6.45) is 0. The van der Waals surface area contributed by atoms with Gasteiger partial charge in [0, 0.05) is 11.1 Å². The molecule has 0 amide bonds. The van der Waals surface area contributed by atoms with Crippen LogP contribution in [0.5, 0.6) is 0 Å². The highest BCUT2D eigenvalue weighted by atomic mass is 16.1. The number of benzene rings is 3. The SMILES string of the molecule is Cc1ccc(C(=O)c2ccc(-c3ccccc3)cc2)c(C)c1C. The van der Waals surface area contributed by atoms with Gasteiger partial charge in [0.1, 0.15) is 0 Å². The lowest BCUT2D eigenvalue weighted by Crippen LogP contribution is -2.05. The predicted octanol–water partition coefficient (Wildman–Crippen LogP) is 5.51. The van der Waals surface area contributed by atoms with Gasteiger partial charge in [-0.25, -0.2) is 0 Å². The minimum atomic E-state index is 0.0882. The highest BCUT2D eigenvalue weighted by Gasteiger charge is 2.13. The number of hydrogen-bond donors (Lipinski definition) is 0. The molecule has 3 aromatic carbocycles. The Hall–Kier alpha value is -2.67. The van der Waals surface area contributed by atoms with Crippen LogP contribution in [0.1, 0.15) is 32.6 Å². The number of carbonyl (C=O) groups is 1. The van der Waals surface area contributed by atoms with Crippen LogP contribution in [0.4, 0.5) is 0 Å². The third-order valence-corrected chi connectivity index (χ3v) is 4.56. The first-order valence-electron chi connectivity index (χ1n) is 7.85. The number of aryl methyl sites for hydroxylation is 1. The van der Waals surface area contributed by atoms with Crippen LogP contribution in [-0.2, 0) is 0 Å². The van der Waals surface area contributed by atoms with E-state index in [9.17, 15) is 4.79 Å². The molecule has 0 bridgehead atoms. The Bertz CT molecular complexity index is 843. The molecule has 0 spiro atoms. The van der Waals surface area contributed by atoms with E-state index in [1.807, 2.05) is 61.5 Å². The van der Waals surface area contributed by atoms with E-state index in [4.69, 9.17) is 0 Å². The first-order valence-corrected chi connectivity index (χ1v) is 7.85.